The summed E-state index contributed by atoms with van der Waals surface area (Å²) >= 11 is 0. The lowest BCUT2D eigenvalue weighted by atomic mass is 10.2. The Labute approximate surface area is 125 Å². The van der Waals surface area contributed by atoms with Crippen molar-refractivity contribution in [2.24, 2.45) is 0 Å². The molecule has 0 saturated carbocycles. The van der Waals surface area contributed by atoms with Gasteiger partial charge in [-0.2, -0.15) is 0 Å². The number of carbonyl (C=O) groups excluding carboxylic acids is 1. The van der Waals surface area contributed by atoms with E-state index in [1.807, 2.05) is 0 Å². The predicted molar refractivity (Wildman–Crippen MR) is 81.4 cm³/mol. The summed E-state index contributed by atoms with van der Waals surface area (Å²) in [5, 5.41) is 2.78. The van der Waals surface area contributed by atoms with E-state index in [9.17, 15) is 9.18 Å². The van der Waals surface area contributed by atoms with Crippen molar-refractivity contribution in [1.29, 1.82) is 0 Å². The van der Waals surface area contributed by atoms with Crippen LogP contribution >= 0.6 is 0 Å². The van der Waals surface area contributed by atoms with Crippen LogP contribution in [0.5, 0.6) is 0 Å². The molecule has 1 amide bonds. The maximum atomic E-state index is 13.4. The van der Waals surface area contributed by atoms with Crippen molar-refractivity contribution >= 4 is 5.91 Å². The first-order valence-electron chi connectivity index (χ1n) is 7.64. The van der Waals surface area contributed by atoms with Crippen LogP contribution in [0.15, 0.2) is 24.3 Å². The molecule has 1 aliphatic rings. The molecule has 1 N–H and O–H groups in total. The lowest BCUT2D eigenvalue weighted by Gasteiger charge is -2.33. The third-order valence-electron chi connectivity index (χ3n) is 4.00. The second kappa shape index (κ2) is 8.10. The third kappa shape index (κ3) is 5.10. The lowest BCUT2D eigenvalue weighted by molar-refractivity contribution is -0.121. The van der Waals surface area contributed by atoms with E-state index in [4.69, 9.17) is 0 Å². The fourth-order valence-electron chi connectivity index (χ4n) is 2.51. The van der Waals surface area contributed by atoms with Gasteiger partial charge in [-0.3, -0.25) is 4.79 Å². The average molecular weight is 293 g/mol. The number of carbonyl (C=O) groups is 1. The SMILES string of the molecule is CCN1CCN(CCC(=O)NCc2ccccc2F)CC1. The molecule has 0 radical (unpaired) electrons. The number of benzene rings is 1. The van der Waals surface area contributed by atoms with Crippen molar-refractivity contribution in [3.8, 4) is 0 Å². The number of piperazine rings is 1. The molecule has 5 heteroatoms. The zero-order chi connectivity index (χ0) is 15.1. The average Bonchev–Trinajstić information content (AvgIpc) is 2.52. The Bertz CT molecular complexity index is 459. The van der Waals surface area contributed by atoms with Crippen LogP contribution in [0.25, 0.3) is 0 Å². The Balaban J connectivity index is 1.65. The molecule has 2 rings (SSSR count). The van der Waals surface area contributed by atoms with E-state index >= 15 is 0 Å². The molecule has 4 nitrogen and oxygen atoms in total. The van der Waals surface area contributed by atoms with Gasteiger partial charge in [-0.05, 0) is 12.6 Å². The number of hydrogen-bond acceptors (Lipinski definition) is 3. The standard InChI is InChI=1S/C16H24FN3O/c1-2-19-9-11-20(12-10-19)8-7-16(21)18-13-14-5-3-4-6-15(14)17/h3-6H,2,7-13H2,1H3,(H,18,21). The molecular weight excluding hydrogens is 269 g/mol. The van der Waals surface area contributed by atoms with Crippen molar-refractivity contribution in [2.75, 3.05) is 39.3 Å². The Morgan fingerprint density at radius 3 is 2.52 bits per heavy atom. The van der Waals surface area contributed by atoms with E-state index < -0.39 is 0 Å². The van der Waals surface area contributed by atoms with Gasteiger partial charge in [-0.15, -0.1) is 0 Å². The molecule has 1 aromatic carbocycles. The molecule has 0 spiro atoms. The van der Waals surface area contributed by atoms with Gasteiger partial charge in [0.25, 0.3) is 0 Å². The minimum absolute atomic E-state index is 0.0174. The summed E-state index contributed by atoms with van der Waals surface area (Å²) in [6.45, 7) is 8.50. The highest BCUT2D eigenvalue weighted by Gasteiger charge is 2.16. The third-order valence-corrected chi connectivity index (χ3v) is 4.00. The highest BCUT2D eigenvalue weighted by atomic mass is 19.1. The first-order chi connectivity index (χ1) is 10.2. The molecule has 1 aliphatic heterocycles. The molecule has 116 valence electrons. The first-order valence-corrected chi connectivity index (χ1v) is 7.64. The summed E-state index contributed by atoms with van der Waals surface area (Å²) in [5.74, 6) is -0.287. The second-order valence-corrected chi connectivity index (χ2v) is 5.39. The first kappa shape index (κ1) is 15.9. The van der Waals surface area contributed by atoms with E-state index in [1.165, 1.54) is 6.07 Å². The van der Waals surface area contributed by atoms with Crippen LogP contribution in [0, 0.1) is 5.82 Å². The van der Waals surface area contributed by atoms with Gasteiger partial charge in [0.05, 0.1) is 0 Å². The number of hydrogen-bond donors (Lipinski definition) is 1. The smallest absolute Gasteiger partial charge is 0.221 e. The number of rotatable bonds is 6. The monoisotopic (exact) mass is 293 g/mol. The number of nitrogens with zero attached hydrogens (tertiary/aromatic N) is 2. The van der Waals surface area contributed by atoms with Gasteiger partial charge in [0.15, 0.2) is 0 Å². The minimum atomic E-state index is -0.270. The van der Waals surface area contributed by atoms with Gasteiger partial charge >= 0.3 is 0 Å². The molecule has 0 aromatic heterocycles. The van der Waals surface area contributed by atoms with Gasteiger partial charge < -0.3 is 15.1 Å². The Kier molecular flexibility index (Phi) is 6.14. The molecule has 0 aliphatic carbocycles. The Morgan fingerprint density at radius 1 is 1.19 bits per heavy atom. The summed E-state index contributed by atoms with van der Waals surface area (Å²) in [5.41, 5.74) is 0.530. The van der Waals surface area contributed by atoms with Crippen LogP contribution < -0.4 is 5.32 Å². The van der Waals surface area contributed by atoms with Crippen molar-refractivity contribution in [3.05, 3.63) is 35.6 Å². The van der Waals surface area contributed by atoms with Gasteiger partial charge in [-0.1, -0.05) is 25.1 Å². The number of likely N-dealkylation sites (N-methyl/N-ethyl adjacent to an activating group) is 1. The van der Waals surface area contributed by atoms with Gasteiger partial charge in [0.1, 0.15) is 5.82 Å². The summed E-state index contributed by atoms with van der Waals surface area (Å²) in [6, 6.07) is 6.53. The summed E-state index contributed by atoms with van der Waals surface area (Å²) in [7, 11) is 0. The van der Waals surface area contributed by atoms with E-state index in [0.29, 0.717) is 12.0 Å². The van der Waals surface area contributed by atoms with Crippen LogP contribution in [0.3, 0.4) is 0 Å². The normalized spacial score (nSPS) is 16.9. The highest BCUT2D eigenvalue weighted by Crippen LogP contribution is 2.06. The molecule has 1 fully saturated rings. The zero-order valence-electron chi connectivity index (χ0n) is 12.6. The summed E-state index contributed by atoms with van der Waals surface area (Å²) in [6.07, 6.45) is 0.473. The van der Waals surface area contributed by atoms with Crippen LogP contribution in [-0.4, -0.2) is 55.0 Å². The summed E-state index contributed by atoms with van der Waals surface area (Å²) < 4.78 is 13.4. The maximum Gasteiger partial charge on any atom is 0.221 e. The predicted octanol–water partition coefficient (Wildman–Crippen LogP) is 1.47. The van der Waals surface area contributed by atoms with Crippen molar-refractivity contribution < 1.29 is 9.18 Å². The molecular formula is C16H24FN3O. The quantitative estimate of drug-likeness (QED) is 0.863. The van der Waals surface area contributed by atoms with Crippen LogP contribution in [0.1, 0.15) is 18.9 Å². The highest BCUT2D eigenvalue weighted by molar-refractivity contribution is 5.76. The van der Waals surface area contributed by atoms with Crippen molar-refractivity contribution in [1.82, 2.24) is 15.1 Å². The largest absolute Gasteiger partial charge is 0.352 e. The molecule has 21 heavy (non-hydrogen) atoms. The van der Waals surface area contributed by atoms with E-state index in [0.717, 1.165) is 39.3 Å². The lowest BCUT2D eigenvalue weighted by Crippen LogP contribution is -2.46. The van der Waals surface area contributed by atoms with Gasteiger partial charge in [0.2, 0.25) is 5.91 Å². The number of amides is 1. The molecule has 1 heterocycles. The second-order valence-electron chi connectivity index (χ2n) is 5.39. The molecule has 0 unspecified atom stereocenters. The van der Waals surface area contributed by atoms with Crippen LogP contribution in [0.4, 0.5) is 4.39 Å². The maximum absolute atomic E-state index is 13.4. The molecule has 1 aromatic rings. The van der Waals surface area contributed by atoms with Crippen molar-refractivity contribution in [2.45, 2.75) is 19.9 Å². The Hall–Kier alpha value is -1.46. The van der Waals surface area contributed by atoms with Gasteiger partial charge in [-0.25, -0.2) is 4.39 Å². The van der Waals surface area contributed by atoms with E-state index in [1.54, 1.807) is 18.2 Å². The van der Waals surface area contributed by atoms with Crippen LogP contribution in [0.2, 0.25) is 0 Å². The summed E-state index contributed by atoms with van der Waals surface area (Å²) in [4.78, 5) is 16.5. The fourth-order valence-corrected chi connectivity index (χ4v) is 2.51. The van der Waals surface area contributed by atoms with Crippen LogP contribution in [-0.2, 0) is 11.3 Å². The molecule has 1 saturated heterocycles. The fraction of sp³-hybridized carbons (Fsp3) is 0.562. The zero-order valence-corrected chi connectivity index (χ0v) is 12.6. The number of nitrogens with one attached hydrogen (secondary N) is 1. The van der Waals surface area contributed by atoms with E-state index in [2.05, 4.69) is 22.0 Å². The van der Waals surface area contributed by atoms with Gasteiger partial charge in [0, 0.05) is 51.3 Å². The Morgan fingerprint density at radius 2 is 1.86 bits per heavy atom. The molecule has 0 bridgehead atoms. The minimum Gasteiger partial charge on any atom is -0.352 e. The van der Waals surface area contributed by atoms with E-state index in [-0.39, 0.29) is 18.3 Å². The topological polar surface area (TPSA) is 35.6 Å². The number of halogens is 1. The van der Waals surface area contributed by atoms with Crippen molar-refractivity contribution in [3.63, 3.8) is 0 Å². The molecule has 0 atom stereocenters.